The molecule has 0 aliphatic rings. The zero-order chi connectivity index (χ0) is 16.2. The van der Waals surface area contributed by atoms with Gasteiger partial charge in [-0.25, -0.2) is 13.1 Å². The van der Waals surface area contributed by atoms with Crippen molar-refractivity contribution >= 4 is 27.3 Å². The molecule has 0 spiro atoms. The summed E-state index contributed by atoms with van der Waals surface area (Å²) in [5, 5.41) is 0.227. The van der Waals surface area contributed by atoms with Crippen molar-refractivity contribution in [3.8, 4) is 0 Å². The monoisotopic (exact) mass is 338 g/mol. The molecule has 0 saturated heterocycles. The maximum absolute atomic E-state index is 12.2. The van der Waals surface area contributed by atoms with Gasteiger partial charge in [0.05, 0.1) is 5.02 Å². The summed E-state index contributed by atoms with van der Waals surface area (Å²) >= 11 is 5.93. The number of hydrogen-bond acceptors (Lipinski definition) is 3. The number of nitrogens with zero attached hydrogens (tertiary/aromatic N) is 1. The highest BCUT2D eigenvalue weighted by Crippen LogP contribution is 2.20. The SMILES string of the molecule is CN(C)c1ccc(CCNS(=O)(=O)c2ccccc2Cl)cc1. The Morgan fingerprint density at radius 2 is 1.68 bits per heavy atom. The van der Waals surface area contributed by atoms with Crippen LogP contribution < -0.4 is 9.62 Å². The smallest absolute Gasteiger partial charge is 0.242 e. The van der Waals surface area contributed by atoms with Gasteiger partial charge in [-0.2, -0.15) is 0 Å². The van der Waals surface area contributed by atoms with Gasteiger partial charge in [-0.1, -0.05) is 35.9 Å². The first kappa shape index (κ1) is 16.8. The second kappa shape index (κ2) is 7.13. The Bertz CT molecular complexity index is 728. The van der Waals surface area contributed by atoms with Crippen LogP contribution in [0.2, 0.25) is 5.02 Å². The van der Waals surface area contributed by atoms with Crippen molar-refractivity contribution in [1.82, 2.24) is 4.72 Å². The molecule has 0 aliphatic heterocycles. The molecule has 0 heterocycles. The van der Waals surface area contributed by atoms with E-state index < -0.39 is 10.0 Å². The van der Waals surface area contributed by atoms with Crippen LogP contribution in [0.1, 0.15) is 5.56 Å². The topological polar surface area (TPSA) is 49.4 Å². The summed E-state index contributed by atoms with van der Waals surface area (Å²) in [6.07, 6.45) is 0.622. The summed E-state index contributed by atoms with van der Waals surface area (Å²) in [7, 11) is 0.385. The van der Waals surface area contributed by atoms with Crippen LogP contribution in [0, 0.1) is 0 Å². The molecule has 118 valence electrons. The quantitative estimate of drug-likeness (QED) is 0.881. The van der Waals surface area contributed by atoms with Crippen molar-refractivity contribution < 1.29 is 8.42 Å². The number of hydrogen-bond donors (Lipinski definition) is 1. The van der Waals surface area contributed by atoms with Crippen LogP contribution in [-0.2, 0) is 16.4 Å². The lowest BCUT2D eigenvalue weighted by Crippen LogP contribution is -2.26. The van der Waals surface area contributed by atoms with Crippen LogP contribution in [0.25, 0.3) is 0 Å². The molecule has 0 aromatic heterocycles. The van der Waals surface area contributed by atoms with Crippen LogP contribution in [0.4, 0.5) is 5.69 Å². The Morgan fingerprint density at radius 1 is 1.05 bits per heavy atom. The second-order valence-corrected chi connectivity index (χ2v) is 7.28. The van der Waals surface area contributed by atoms with Crippen molar-refractivity contribution in [3.05, 3.63) is 59.1 Å². The van der Waals surface area contributed by atoms with Crippen LogP contribution >= 0.6 is 11.6 Å². The lowest BCUT2D eigenvalue weighted by molar-refractivity contribution is 0.581. The van der Waals surface area contributed by atoms with Gasteiger partial charge in [-0.05, 0) is 36.2 Å². The maximum atomic E-state index is 12.2. The van der Waals surface area contributed by atoms with E-state index >= 15 is 0 Å². The molecule has 2 rings (SSSR count). The van der Waals surface area contributed by atoms with Crippen molar-refractivity contribution in [2.45, 2.75) is 11.3 Å². The summed E-state index contributed by atoms with van der Waals surface area (Å²) < 4.78 is 26.9. The summed E-state index contributed by atoms with van der Waals surface area (Å²) in [6.45, 7) is 0.328. The minimum absolute atomic E-state index is 0.111. The largest absolute Gasteiger partial charge is 0.378 e. The van der Waals surface area contributed by atoms with E-state index in [9.17, 15) is 8.42 Å². The van der Waals surface area contributed by atoms with E-state index in [1.54, 1.807) is 18.2 Å². The van der Waals surface area contributed by atoms with E-state index in [1.807, 2.05) is 43.3 Å². The molecule has 1 N–H and O–H groups in total. The molecule has 22 heavy (non-hydrogen) atoms. The first-order chi connectivity index (χ1) is 10.4. The van der Waals surface area contributed by atoms with E-state index in [4.69, 9.17) is 11.6 Å². The summed E-state index contributed by atoms with van der Waals surface area (Å²) in [5.74, 6) is 0. The van der Waals surface area contributed by atoms with Gasteiger partial charge in [-0.15, -0.1) is 0 Å². The molecule has 0 bridgehead atoms. The van der Waals surface area contributed by atoms with Gasteiger partial charge in [0.2, 0.25) is 10.0 Å². The molecule has 0 fully saturated rings. The highest BCUT2D eigenvalue weighted by Gasteiger charge is 2.16. The Morgan fingerprint density at radius 3 is 2.27 bits per heavy atom. The highest BCUT2D eigenvalue weighted by atomic mass is 35.5. The van der Waals surface area contributed by atoms with Crippen molar-refractivity contribution in [1.29, 1.82) is 0 Å². The molecular formula is C16H19ClN2O2S. The first-order valence-electron chi connectivity index (χ1n) is 6.90. The summed E-state index contributed by atoms with van der Waals surface area (Å²) in [6, 6.07) is 14.4. The number of nitrogens with one attached hydrogen (secondary N) is 1. The van der Waals surface area contributed by atoms with E-state index in [2.05, 4.69) is 4.72 Å². The minimum Gasteiger partial charge on any atom is -0.378 e. The maximum Gasteiger partial charge on any atom is 0.242 e. The molecule has 0 amide bonds. The van der Waals surface area contributed by atoms with E-state index in [1.165, 1.54) is 6.07 Å². The average Bonchev–Trinajstić information content (AvgIpc) is 2.48. The van der Waals surface area contributed by atoms with Gasteiger partial charge in [0, 0.05) is 26.3 Å². The van der Waals surface area contributed by atoms with E-state index in [-0.39, 0.29) is 9.92 Å². The first-order valence-corrected chi connectivity index (χ1v) is 8.77. The molecule has 0 radical (unpaired) electrons. The number of anilines is 1. The lowest BCUT2D eigenvalue weighted by atomic mass is 10.1. The van der Waals surface area contributed by atoms with Gasteiger partial charge in [0.25, 0.3) is 0 Å². The fraction of sp³-hybridized carbons (Fsp3) is 0.250. The van der Waals surface area contributed by atoms with Crippen LogP contribution in [0.3, 0.4) is 0 Å². The Hall–Kier alpha value is -1.56. The summed E-state index contributed by atoms with van der Waals surface area (Å²) in [4.78, 5) is 2.13. The van der Waals surface area contributed by atoms with E-state index in [0.29, 0.717) is 13.0 Å². The van der Waals surface area contributed by atoms with Gasteiger partial charge in [0.1, 0.15) is 4.90 Å². The fourth-order valence-electron chi connectivity index (χ4n) is 2.03. The number of rotatable bonds is 6. The predicted octanol–water partition coefficient (Wildman–Crippen LogP) is 2.93. The number of benzene rings is 2. The second-order valence-electron chi connectivity index (χ2n) is 5.14. The molecule has 0 saturated carbocycles. The normalized spacial score (nSPS) is 11.4. The van der Waals surface area contributed by atoms with Gasteiger partial charge < -0.3 is 4.90 Å². The number of halogens is 1. The highest BCUT2D eigenvalue weighted by molar-refractivity contribution is 7.89. The lowest BCUT2D eigenvalue weighted by Gasteiger charge is -2.13. The van der Waals surface area contributed by atoms with Crippen molar-refractivity contribution in [2.24, 2.45) is 0 Å². The zero-order valence-corrected chi connectivity index (χ0v) is 14.2. The predicted molar refractivity (Wildman–Crippen MR) is 91.1 cm³/mol. The molecule has 4 nitrogen and oxygen atoms in total. The van der Waals surface area contributed by atoms with Gasteiger partial charge in [0.15, 0.2) is 0 Å². The molecule has 2 aromatic carbocycles. The molecule has 2 aromatic rings. The van der Waals surface area contributed by atoms with Crippen LogP contribution in [0.5, 0.6) is 0 Å². The Balaban J connectivity index is 1.97. The van der Waals surface area contributed by atoms with Crippen molar-refractivity contribution in [3.63, 3.8) is 0 Å². The van der Waals surface area contributed by atoms with Crippen LogP contribution in [0.15, 0.2) is 53.4 Å². The minimum atomic E-state index is -3.57. The Labute approximate surface area is 136 Å². The summed E-state index contributed by atoms with van der Waals surface area (Å²) in [5.41, 5.74) is 2.19. The fourth-order valence-corrected chi connectivity index (χ4v) is 3.58. The van der Waals surface area contributed by atoms with E-state index in [0.717, 1.165) is 11.3 Å². The van der Waals surface area contributed by atoms with Crippen LogP contribution in [-0.4, -0.2) is 29.1 Å². The van der Waals surface area contributed by atoms with Gasteiger partial charge in [-0.3, -0.25) is 0 Å². The third-order valence-corrected chi connectivity index (χ3v) is 5.25. The molecular weight excluding hydrogens is 320 g/mol. The molecule has 6 heteroatoms. The zero-order valence-electron chi connectivity index (χ0n) is 12.6. The third kappa shape index (κ3) is 4.22. The third-order valence-electron chi connectivity index (χ3n) is 3.28. The molecule has 0 aliphatic carbocycles. The number of sulfonamides is 1. The average molecular weight is 339 g/mol. The van der Waals surface area contributed by atoms with Crippen molar-refractivity contribution in [2.75, 3.05) is 25.5 Å². The Kier molecular flexibility index (Phi) is 5.45. The molecule has 0 unspecified atom stereocenters. The standard InChI is InChI=1S/C16H19ClN2O2S/c1-19(2)14-9-7-13(8-10-14)11-12-18-22(20,21)16-6-4-3-5-15(16)17/h3-10,18H,11-12H2,1-2H3. The molecule has 0 atom stereocenters. The van der Waals surface area contributed by atoms with Gasteiger partial charge >= 0.3 is 0 Å².